The van der Waals surface area contributed by atoms with E-state index in [-0.39, 0.29) is 11.7 Å². The number of aryl methyl sites for hydroxylation is 1. The molecule has 4 heteroatoms. The molecule has 0 aliphatic heterocycles. The summed E-state index contributed by atoms with van der Waals surface area (Å²) >= 11 is 0. The van der Waals surface area contributed by atoms with E-state index in [1.165, 1.54) is 19.2 Å². The first-order chi connectivity index (χ1) is 11.6. The van der Waals surface area contributed by atoms with Crippen LogP contribution < -0.4 is 4.74 Å². The Morgan fingerprint density at radius 1 is 1.00 bits per heavy atom. The number of benzene rings is 2. The van der Waals surface area contributed by atoms with Gasteiger partial charge < -0.3 is 4.74 Å². The Balaban J connectivity index is 2.23. The van der Waals surface area contributed by atoms with Crippen molar-refractivity contribution < 1.29 is 9.13 Å². The molecule has 0 spiro atoms. The van der Waals surface area contributed by atoms with Crippen LogP contribution in [0.5, 0.6) is 5.88 Å². The lowest BCUT2D eigenvalue weighted by molar-refractivity contribution is 0.397. The van der Waals surface area contributed by atoms with Gasteiger partial charge in [-0.3, -0.25) is 0 Å². The van der Waals surface area contributed by atoms with Crippen LogP contribution in [-0.2, 0) is 0 Å². The molecule has 1 aromatic heterocycles. The third kappa shape index (κ3) is 2.97. The second-order valence-electron chi connectivity index (χ2n) is 5.42. The summed E-state index contributed by atoms with van der Waals surface area (Å²) < 4.78 is 18.5. The highest BCUT2D eigenvalue weighted by atomic mass is 19.1. The van der Waals surface area contributed by atoms with Crippen LogP contribution in [0.15, 0.2) is 54.6 Å². The molecule has 3 aromatic rings. The average molecular weight is 318 g/mol. The quantitative estimate of drug-likeness (QED) is 0.700. The van der Waals surface area contributed by atoms with E-state index >= 15 is 0 Å². The first kappa shape index (κ1) is 15.7. The molecule has 0 amide bonds. The molecule has 0 saturated carbocycles. The molecule has 0 fully saturated rings. The van der Waals surface area contributed by atoms with Crippen molar-refractivity contribution in [3.63, 3.8) is 0 Å². The minimum atomic E-state index is -0.322. The third-order valence-electron chi connectivity index (χ3n) is 3.79. The van der Waals surface area contributed by atoms with E-state index in [0.717, 1.165) is 16.7 Å². The van der Waals surface area contributed by atoms with Crippen LogP contribution in [0.1, 0.15) is 11.1 Å². The van der Waals surface area contributed by atoms with E-state index in [4.69, 9.17) is 4.74 Å². The van der Waals surface area contributed by atoms with Gasteiger partial charge in [-0.15, -0.1) is 0 Å². The van der Waals surface area contributed by atoms with E-state index < -0.39 is 0 Å². The van der Waals surface area contributed by atoms with Gasteiger partial charge in [0, 0.05) is 11.1 Å². The van der Waals surface area contributed by atoms with Crippen LogP contribution in [0, 0.1) is 24.1 Å². The summed E-state index contributed by atoms with van der Waals surface area (Å²) in [6, 6.07) is 17.9. The Hall–Kier alpha value is -3.19. The summed E-state index contributed by atoms with van der Waals surface area (Å²) in [6.07, 6.45) is 0. The number of ether oxygens (including phenoxy) is 1. The minimum absolute atomic E-state index is 0.259. The fraction of sp³-hybridized carbons (Fsp3) is 0.100. The Kier molecular flexibility index (Phi) is 4.26. The van der Waals surface area contributed by atoms with Crippen molar-refractivity contribution in [3.8, 4) is 34.3 Å². The standard InChI is InChI=1S/C20H15FN2O/c1-13-3-5-15(6-4-13)19-11-17(14-7-9-16(21)10-8-14)18(12-22)20(23-19)24-2/h3-11H,1-2H3. The lowest BCUT2D eigenvalue weighted by Crippen LogP contribution is -1.98. The van der Waals surface area contributed by atoms with E-state index in [1.807, 2.05) is 37.3 Å². The van der Waals surface area contributed by atoms with Crippen molar-refractivity contribution >= 4 is 0 Å². The molecule has 3 nitrogen and oxygen atoms in total. The number of hydrogen-bond acceptors (Lipinski definition) is 3. The van der Waals surface area contributed by atoms with Crippen molar-refractivity contribution in [1.82, 2.24) is 4.98 Å². The predicted octanol–water partition coefficient (Wildman–Crippen LogP) is 4.74. The van der Waals surface area contributed by atoms with Crippen LogP contribution in [0.25, 0.3) is 22.4 Å². The number of halogens is 1. The first-order valence-corrected chi connectivity index (χ1v) is 7.44. The molecule has 0 N–H and O–H groups in total. The zero-order chi connectivity index (χ0) is 17.1. The molecule has 118 valence electrons. The van der Waals surface area contributed by atoms with Gasteiger partial charge in [-0.2, -0.15) is 5.26 Å². The highest BCUT2D eigenvalue weighted by Crippen LogP contribution is 2.33. The summed E-state index contributed by atoms with van der Waals surface area (Å²) in [4.78, 5) is 4.45. The SMILES string of the molecule is COc1nc(-c2ccc(C)cc2)cc(-c2ccc(F)cc2)c1C#N. The van der Waals surface area contributed by atoms with Crippen LogP contribution in [-0.4, -0.2) is 12.1 Å². The summed E-state index contributed by atoms with van der Waals surface area (Å²) in [7, 11) is 1.48. The number of methoxy groups -OCH3 is 1. The molecule has 2 aromatic carbocycles. The minimum Gasteiger partial charge on any atom is -0.480 e. The van der Waals surface area contributed by atoms with Crippen molar-refractivity contribution in [2.45, 2.75) is 6.92 Å². The number of nitrogens with zero attached hydrogens (tertiary/aromatic N) is 2. The maximum Gasteiger partial charge on any atom is 0.232 e. The van der Waals surface area contributed by atoms with Gasteiger partial charge in [0.2, 0.25) is 5.88 Å². The first-order valence-electron chi connectivity index (χ1n) is 7.44. The number of aromatic nitrogens is 1. The lowest BCUT2D eigenvalue weighted by atomic mass is 9.98. The monoisotopic (exact) mass is 318 g/mol. The molecule has 0 saturated heterocycles. The number of pyridine rings is 1. The molecular weight excluding hydrogens is 303 g/mol. The topological polar surface area (TPSA) is 45.9 Å². The molecule has 1 heterocycles. The Morgan fingerprint density at radius 2 is 1.62 bits per heavy atom. The van der Waals surface area contributed by atoms with Crippen LogP contribution >= 0.6 is 0 Å². The fourth-order valence-electron chi connectivity index (χ4n) is 2.51. The van der Waals surface area contributed by atoms with Crippen molar-refractivity contribution in [1.29, 1.82) is 5.26 Å². The number of hydrogen-bond donors (Lipinski definition) is 0. The van der Waals surface area contributed by atoms with Crippen LogP contribution in [0.4, 0.5) is 4.39 Å². The van der Waals surface area contributed by atoms with E-state index in [0.29, 0.717) is 16.8 Å². The molecule has 0 unspecified atom stereocenters. The van der Waals surface area contributed by atoms with E-state index in [2.05, 4.69) is 11.1 Å². The smallest absolute Gasteiger partial charge is 0.232 e. The van der Waals surface area contributed by atoms with Gasteiger partial charge in [-0.05, 0) is 30.7 Å². The Morgan fingerprint density at radius 3 is 2.21 bits per heavy atom. The predicted molar refractivity (Wildman–Crippen MR) is 91.1 cm³/mol. The van der Waals surface area contributed by atoms with Gasteiger partial charge in [0.25, 0.3) is 0 Å². The Bertz CT molecular complexity index is 910. The van der Waals surface area contributed by atoms with Gasteiger partial charge in [-0.1, -0.05) is 42.0 Å². The number of nitriles is 1. The molecule has 3 rings (SSSR count). The van der Waals surface area contributed by atoms with Crippen LogP contribution in [0.2, 0.25) is 0 Å². The largest absolute Gasteiger partial charge is 0.480 e. The maximum atomic E-state index is 13.2. The molecule has 0 aliphatic rings. The highest BCUT2D eigenvalue weighted by molar-refractivity contribution is 5.77. The van der Waals surface area contributed by atoms with Gasteiger partial charge >= 0.3 is 0 Å². The lowest BCUT2D eigenvalue weighted by Gasteiger charge is -2.12. The van der Waals surface area contributed by atoms with Crippen molar-refractivity contribution in [2.75, 3.05) is 7.11 Å². The van der Waals surface area contributed by atoms with Gasteiger partial charge in [0.1, 0.15) is 17.4 Å². The van der Waals surface area contributed by atoms with E-state index in [9.17, 15) is 9.65 Å². The van der Waals surface area contributed by atoms with Crippen molar-refractivity contribution in [2.24, 2.45) is 0 Å². The molecule has 0 atom stereocenters. The molecular formula is C20H15FN2O. The fourth-order valence-corrected chi connectivity index (χ4v) is 2.51. The summed E-state index contributed by atoms with van der Waals surface area (Å²) in [5, 5.41) is 9.50. The van der Waals surface area contributed by atoms with Gasteiger partial charge in [0.05, 0.1) is 12.8 Å². The zero-order valence-corrected chi connectivity index (χ0v) is 13.4. The molecule has 24 heavy (non-hydrogen) atoms. The molecule has 0 bridgehead atoms. The maximum absolute atomic E-state index is 13.2. The zero-order valence-electron chi connectivity index (χ0n) is 13.4. The second-order valence-corrected chi connectivity index (χ2v) is 5.42. The second kappa shape index (κ2) is 6.51. The summed E-state index contributed by atoms with van der Waals surface area (Å²) in [5.74, 6) is -0.0630. The third-order valence-corrected chi connectivity index (χ3v) is 3.79. The highest BCUT2D eigenvalue weighted by Gasteiger charge is 2.15. The van der Waals surface area contributed by atoms with Gasteiger partial charge in [0.15, 0.2) is 0 Å². The number of rotatable bonds is 3. The molecule has 0 radical (unpaired) electrons. The van der Waals surface area contributed by atoms with Crippen LogP contribution in [0.3, 0.4) is 0 Å². The van der Waals surface area contributed by atoms with Crippen molar-refractivity contribution in [3.05, 3.63) is 71.5 Å². The molecule has 0 aliphatic carbocycles. The Labute approximate surface area is 140 Å². The van der Waals surface area contributed by atoms with E-state index in [1.54, 1.807) is 12.1 Å². The normalized spacial score (nSPS) is 10.2. The van der Waals surface area contributed by atoms with Gasteiger partial charge in [-0.25, -0.2) is 9.37 Å². The average Bonchev–Trinajstić information content (AvgIpc) is 2.62. The summed E-state index contributed by atoms with van der Waals surface area (Å²) in [5.41, 5.74) is 4.51. The summed E-state index contributed by atoms with van der Waals surface area (Å²) in [6.45, 7) is 2.01.